The lowest BCUT2D eigenvalue weighted by Gasteiger charge is -2.10. The maximum atomic E-state index is 11.7. The molecule has 0 aliphatic carbocycles. The molecule has 0 heterocycles. The van der Waals surface area contributed by atoms with Crippen molar-refractivity contribution in [1.82, 2.24) is 0 Å². The van der Waals surface area contributed by atoms with Crippen molar-refractivity contribution >= 4 is 5.78 Å². The molecule has 0 bridgehead atoms. The molecule has 0 aliphatic rings. The Hall–Kier alpha value is -1.51. The van der Waals surface area contributed by atoms with Crippen molar-refractivity contribution in [1.29, 1.82) is 0 Å². The van der Waals surface area contributed by atoms with Crippen molar-refractivity contribution in [2.75, 3.05) is 7.11 Å². The average molecular weight is 208 g/mol. The molecule has 15 heavy (non-hydrogen) atoms. The molecule has 0 fully saturated rings. The van der Waals surface area contributed by atoms with E-state index in [4.69, 9.17) is 4.74 Å². The van der Waals surface area contributed by atoms with E-state index in [2.05, 4.69) is 0 Å². The first-order valence-electron chi connectivity index (χ1n) is 4.89. The van der Waals surface area contributed by atoms with Crippen LogP contribution in [0.5, 0.6) is 11.5 Å². The first-order valence-corrected chi connectivity index (χ1v) is 4.89. The summed E-state index contributed by atoms with van der Waals surface area (Å²) in [6.45, 7) is 5.43. The van der Waals surface area contributed by atoms with E-state index < -0.39 is 0 Å². The highest BCUT2D eigenvalue weighted by atomic mass is 16.5. The lowest BCUT2D eigenvalue weighted by Crippen LogP contribution is -2.07. The fourth-order valence-electron chi connectivity index (χ4n) is 1.38. The van der Waals surface area contributed by atoms with Crippen LogP contribution in [0, 0.1) is 12.8 Å². The van der Waals surface area contributed by atoms with E-state index in [9.17, 15) is 9.90 Å². The standard InChI is InChI=1S/C12H16O3/c1-7(2)11(13)9-5-8(3)12(14)10(6-9)15-4/h5-7,14H,1-4H3. The van der Waals surface area contributed by atoms with Crippen molar-refractivity contribution in [2.24, 2.45) is 5.92 Å². The number of rotatable bonds is 3. The van der Waals surface area contributed by atoms with E-state index in [0.29, 0.717) is 16.9 Å². The first kappa shape index (κ1) is 11.6. The third-order valence-corrected chi connectivity index (χ3v) is 2.29. The summed E-state index contributed by atoms with van der Waals surface area (Å²) in [5, 5.41) is 9.61. The van der Waals surface area contributed by atoms with Gasteiger partial charge in [-0.2, -0.15) is 0 Å². The van der Waals surface area contributed by atoms with Crippen molar-refractivity contribution < 1.29 is 14.6 Å². The summed E-state index contributed by atoms with van der Waals surface area (Å²) in [4.78, 5) is 11.7. The number of aryl methyl sites for hydroxylation is 1. The van der Waals surface area contributed by atoms with Gasteiger partial charge in [0.05, 0.1) is 7.11 Å². The molecule has 0 aromatic heterocycles. The highest BCUT2D eigenvalue weighted by Gasteiger charge is 2.14. The molecule has 0 saturated heterocycles. The molecule has 1 rings (SSSR count). The van der Waals surface area contributed by atoms with Crippen LogP contribution < -0.4 is 4.74 Å². The molecule has 0 radical (unpaired) electrons. The molecule has 0 spiro atoms. The van der Waals surface area contributed by atoms with E-state index in [1.807, 2.05) is 13.8 Å². The maximum absolute atomic E-state index is 11.7. The molecule has 3 heteroatoms. The van der Waals surface area contributed by atoms with Crippen LogP contribution in [-0.2, 0) is 0 Å². The van der Waals surface area contributed by atoms with Gasteiger partial charge >= 0.3 is 0 Å². The second kappa shape index (κ2) is 4.34. The van der Waals surface area contributed by atoms with Gasteiger partial charge in [0, 0.05) is 11.5 Å². The molecule has 1 aromatic rings. The summed E-state index contributed by atoms with van der Waals surface area (Å²) in [6.07, 6.45) is 0. The lowest BCUT2D eigenvalue weighted by atomic mass is 9.99. The van der Waals surface area contributed by atoms with Gasteiger partial charge < -0.3 is 9.84 Å². The zero-order valence-electron chi connectivity index (χ0n) is 9.50. The van der Waals surface area contributed by atoms with Crippen LogP contribution in [0.1, 0.15) is 29.8 Å². The van der Waals surface area contributed by atoms with E-state index in [-0.39, 0.29) is 17.5 Å². The fraction of sp³-hybridized carbons (Fsp3) is 0.417. The zero-order chi connectivity index (χ0) is 11.6. The van der Waals surface area contributed by atoms with Gasteiger partial charge in [-0.3, -0.25) is 4.79 Å². The Bertz CT molecular complexity index is 381. The molecule has 1 N–H and O–H groups in total. The molecular formula is C12H16O3. The first-order chi connectivity index (χ1) is 6.97. The van der Waals surface area contributed by atoms with E-state index in [0.717, 1.165) is 0 Å². The van der Waals surface area contributed by atoms with Gasteiger partial charge in [-0.25, -0.2) is 0 Å². The Morgan fingerprint density at radius 2 is 2.00 bits per heavy atom. The Balaban J connectivity index is 3.22. The van der Waals surface area contributed by atoms with Crippen molar-refractivity contribution in [2.45, 2.75) is 20.8 Å². The number of carbonyl (C=O) groups excluding carboxylic acids is 1. The van der Waals surface area contributed by atoms with Gasteiger partial charge in [0.1, 0.15) is 0 Å². The van der Waals surface area contributed by atoms with Gasteiger partial charge in [-0.1, -0.05) is 13.8 Å². The van der Waals surface area contributed by atoms with Gasteiger partial charge in [0.25, 0.3) is 0 Å². The van der Waals surface area contributed by atoms with E-state index in [1.54, 1.807) is 19.1 Å². The highest BCUT2D eigenvalue weighted by Crippen LogP contribution is 2.31. The van der Waals surface area contributed by atoms with Crippen LogP contribution in [0.15, 0.2) is 12.1 Å². The third-order valence-electron chi connectivity index (χ3n) is 2.29. The Labute approximate surface area is 89.7 Å². The average Bonchev–Trinajstić information content (AvgIpc) is 2.20. The molecule has 1 aromatic carbocycles. The van der Waals surface area contributed by atoms with Crippen LogP contribution >= 0.6 is 0 Å². The minimum atomic E-state index is -0.0568. The van der Waals surface area contributed by atoms with E-state index >= 15 is 0 Å². The van der Waals surface area contributed by atoms with Gasteiger partial charge in [0.2, 0.25) is 0 Å². The highest BCUT2D eigenvalue weighted by molar-refractivity contribution is 5.98. The van der Waals surface area contributed by atoms with Crippen molar-refractivity contribution in [3.05, 3.63) is 23.3 Å². The number of ether oxygens (including phenoxy) is 1. The summed E-state index contributed by atoms with van der Waals surface area (Å²) in [5.41, 5.74) is 1.23. The lowest BCUT2D eigenvalue weighted by molar-refractivity contribution is 0.0939. The molecule has 82 valence electrons. The maximum Gasteiger partial charge on any atom is 0.165 e. The number of carbonyl (C=O) groups is 1. The number of phenolic OH excluding ortho intramolecular Hbond substituents is 1. The smallest absolute Gasteiger partial charge is 0.165 e. The number of hydrogen-bond donors (Lipinski definition) is 1. The molecule has 3 nitrogen and oxygen atoms in total. The Morgan fingerprint density at radius 3 is 2.47 bits per heavy atom. The number of benzene rings is 1. The van der Waals surface area contributed by atoms with Crippen molar-refractivity contribution in [3.63, 3.8) is 0 Å². The number of aromatic hydroxyl groups is 1. The predicted octanol–water partition coefficient (Wildman–Crippen LogP) is 2.55. The number of ketones is 1. The number of phenols is 1. The zero-order valence-corrected chi connectivity index (χ0v) is 9.50. The second-order valence-electron chi connectivity index (χ2n) is 3.86. The largest absolute Gasteiger partial charge is 0.504 e. The fourth-order valence-corrected chi connectivity index (χ4v) is 1.38. The Morgan fingerprint density at radius 1 is 1.40 bits per heavy atom. The summed E-state index contributed by atoms with van der Waals surface area (Å²) >= 11 is 0. The van der Waals surface area contributed by atoms with Gasteiger partial charge in [0.15, 0.2) is 17.3 Å². The predicted molar refractivity (Wildman–Crippen MR) is 58.6 cm³/mol. The summed E-state index contributed by atoms with van der Waals surface area (Å²) in [5.74, 6) is 0.437. The minimum absolute atomic E-state index is 0.0522. The summed E-state index contributed by atoms with van der Waals surface area (Å²) in [6, 6.07) is 3.25. The van der Waals surface area contributed by atoms with Crippen molar-refractivity contribution in [3.8, 4) is 11.5 Å². The van der Waals surface area contributed by atoms with Crippen LogP contribution in [0.4, 0.5) is 0 Å². The third kappa shape index (κ3) is 2.29. The summed E-state index contributed by atoms with van der Waals surface area (Å²) in [7, 11) is 1.47. The number of hydrogen-bond acceptors (Lipinski definition) is 3. The molecule has 0 saturated carbocycles. The molecular weight excluding hydrogens is 192 g/mol. The normalized spacial score (nSPS) is 10.5. The van der Waals surface area contributed by atoms with Crippen LogP contribution in [0.25, 0.3) is 0 Å². The molecule has 0 atom stereocenters. The second-order valence-corrected chi connectivity index (χ2v) is 3.86. The summed E-state index contributed by atoms with van der Waals surface area (Å²) < 4.78 is 4.99. The Kier molecular flexibility index (Phi) is 3.35. The van der Waals surface area contributed by atoms with E-state index in [1.165, 1.54) is 7.11 Å². The van der Waals surface area contributed by atoms with Crippen LogP contribution in [0.3, 0.4) is 0 Å². The van der Waals surface area contributed by atoms with Crippen LogP contribution in [-0.4, -0.2) is 18.0 Å². The molecule has 0 unspecified atom stereocenters. The minimum Gasteiger partial charge on any atom is -0.504 e. The van der Waals surface area contributed by atoms with Gasteiger partial charge in [-0.15, -0.1) is 0 Å². The molecule has 0 amide bonds. The molecule has 0 aliphatic heterocycles. The number of methoxy groups -OCH3 is 1. The number of Topliss-reactive ketones (excluding diaryl/α,β-unsaturated/α-hetero) is 1. The van der Waals surface area contributed by atoms with Crippen LogP contribution in [0.2, 0.25) is 0 Å². The topological polar surface area (TPSA) is 46.5 Å². The quantitative estimate of drug-likeness (QED) is 0.776. The van der Waals surface area contributed by atoms with Gasteiger partial charge in [-0.05, 0) is 24.6 Å². The SMILES string of the molecule is COc1cc(C(=O)C(C)C)cc(C)c1O. The monoisotopic (exact) mass is 208 g/mol.